The van der Waals surface area contributed by atoms with Crippen LogP contribution in [-0.4, -0.2) is 25.2 Å². The van der Waals surface area contributed by atoms with Gasteiger partial charge in [0.05, 0.1) is 24.3 Å². The molecule has 0 aliphatic heterocycles. The first kappa shape index (κ1) is 25.6. The molecule has 0 fully saturated rings. The van der Waals surface area contributed by atoms with Crippen LogP contribution in [0.3, 0.4) is 0 Å². The first-order valence-corrected chi connectivity index (χ1v) is 12.2. The molecule has 4 heteroatoms. The Morgan fingerprint density at radius 3 is 1.22 bits per heavy atom. The summed E-state index contributed by atoms with van der Waals surface area (Å²) in [6, 6.07) is 14.8. The molecule has 0 heterocycles. The van der Waals surface area contributed by atoms with Crippen LogP contribution in [0, 0.1) is 0 Å². The highest BCUT2D eigenvalue weighted by Crippen LogP contribution is 2.21. The van der Waals surface area contributed by atoms with Crippen molar-refractivity contribution in [3.63, 3.8) is 0 Å². The standard InChI is InChI=1S/C28H38O4/c1-3-5-7-9-11-21-31-27(29)25-17-13-23(14-18-25)24-15-19-26(20-16-24)28(30)32-22-12-10-8-6-4-2/h13-20H,3-12,21-22H2,1-2H3. The van der Waals surface area contributed by atoms with E-state index in [1.807, 2.05) is 24.3 Å². The lowest BCUT2D eigenvalue weighted by Gasteiger charge is -2.08. The molecular formula is C28H38O4. The molecule has 0 spiro atoms. The molecule has 174 valence electrons. The summed E-state index contributed by atoms with van der Waals surface area (Å²) in [5, 5.41) is 0. The molecule has 32 heavy (non-hydrogen) atoms. The summed E-state index contributed by atoms with van der Waals surface area (Å²) in [7, 11) is 0. The van der Waals surface area contributed by atoms with Crippen LogP contribution in [-0.2, 0) is 9.47 Å². The van der Waals surface area contributed by atoms with E-state index in [0.29, 0.717) is 24.3 Å². The van der Waals surface area contributed by atoms with Crippen molar-refractivity contribution in [1.29, 1.82) is 0 Å². The SMILES string of the molecule is CCCCCCCOC(=O)c1ccc(-c2ccc(C(=O)OCCCCCCC)cc2)cc1. The average Bonchev–Trinajstić information content (AvgIpc) is 2.83. The number of unbranched alkanes of at least 4 members (excludes halogenated alkanes) is 8. The van der Waals surface area contributed by atoms with Gasteiger partial charge in [-0.15, -0.1) is 0 Å². The number of ether oxygens (including phenoxy) is 2. The molecule has 0 saturated heterocycles. The fourth-order valence-corrected chi connectivity index (χ4v) is 3.51. The molecule has 0 aliphatic carbocycles. The third-order valence-electron chi connectivity index (χ3n) is 5.54. The lowest BCUT2D eigenvalue weighted by molar-refractivity contribution is 0.0488. The van der Waals surface area contributed by atoms with E-state index in [2.05, 4.69) is 13.8 Å². The maximum atomic E-state index is 12.2. The Balaban J connectivity index is 1.78. The summed E-state index contributed by atoms with van der Waals surface area (Å²) < 4.78 is 10.7. The molecular weight excluding hydrogens is 400 g/mol. The number of carbonyl (C=O) groups excluding carboxylic acids is 2. The Bertz CT molecular complexity index is 724. The Morgan fingerprint density at radius 2 is 0.875 bits per heavy atom. The summed E-state index contributed by atoms with van der Waals surface area (Å²) in [5.41, 5.74) is 3.08. The van der Waals surface area contributed by atoms with Crippen molar-refractivity contribution in [2.45, 2.75) is 78.1 Å². The maximum absolute atomic E-state index is 12.2. The predicted molar refractivity (Wildman–Crippen MR) is 130 cm³/mol. The zero-order valence-electron chi connectivity index (χ0n) is 19.7. The lowest BCUT2D eigenvalue weighted by Crippen LogP contribution is -2.06. The fourth-order valence-electron chi connectivity index (χ4n) is 3.51. The van der Waals surface area contributed by atoms with Gasteiger partial charge in [0.15, 0.2) is 0 Å². The van der Waals surface area contributed by atoms with Crippen molar-refractivity contribution in [2.75, 3.05) is 13.2 Å². The van der Waals surface area contributed by atoms with Gasteiger partial charge in [-0.05, 0) is 48.2 Å². The molecule has 0 aromatic heterocycles. The van der Waals surface area contributed by atoms with Crippen molar-refractivity contribution in [3.05, 3.63) is 59.7 Å². The third kappa shape index (κ3) is 9.25. The highest BCUT2D eigenvalue weighted by atomic mass is 16.5. The number of benzene rings is 2. The van der Waals surface area contributed by atoms with Gasteiger partial charge in [-0.1, -0.05) is 89.5 Å². The molecule has 2 rings (SSSR count). The molecule has 0 saturated carbocycles. The first-order valence-electron chi connectivity index (χ1n) is 12.2. The second-order valence-corrected chi connectivity index (χ2v) is 8.25. The van der Waals surface area contributed by atoms with E-state index in [0.717, 1.165) is 36.8 Å². The van der Waals surface area contributed by atoms with Crippen molar-refractivity contribution < 1.29 is 19.1 Å². The van der Waals surface area contributed by atoms with Gasteiger partial charge < -0.3 is 9.47 Å². The molecule has 0 amide bonds. The van der Waals surface area contributed by atoms with Crippen LogP contribution in [0.4, 0.5) is 0 Å². The summed E-state index contributed by atoms with van der Waals surface area (Å²) in [4.78, 5) is 24.4. The van der Waals surface area contributed by atoms with Crippen molar-refractivity contribution in [1.82, 2.24) is 0 Å². The van der Waals surface area contributed by atoms with E-state index in [4.69, 9.17) is 9.47 Å². The van der Waals surface area contributed by atoms with Crippen LogP contribution in [0.5, 0.6) is 0 Å². The summed E-state index contributed by atoms with van der Waals surface area (Å²) in [6.07, 6.45) is 11.3. The van der Waals surface area contributed by atoms with Crippen molar-refractivity contribution in [3.8, 4) is 11.1 Å². The number of esters is 2. The van der Waals surface area contributed by atoms with Crippen LogP contribution in [0.25, 0.3) is 11.1 Å². The molecule has 0 atom stereocenters. The molecule has 0 bridgehead atoms. The minimum Gasteiger partial charge on any atom is -0.462 e. The Hall–Kier alpha value is -2.62. The van der Waals surface area contributed by atoms with Gasteiger partial charge >= 0.3 is 11.9 Å². The van der Waals surface area contributed by atoms with Gasteiger partial charge in [0.1, 0.15) is 0 Å². The first-order chi connectivity index (χ1) is 15.7. The van der Waals surface area contributed by atoms with Gasteiger partial charge in [-0.2, -0.15) is 0 Å². The highest BCUT2D eigenvalue weighted by molar-refractivity contribution is 5.91. The molecule has 4 nitrogen and oxygen atoms in total. The van der Waals surface area contributed by atoms with Gasteiger partial charge in [0.25, 0.3) is 0 Å². The molecule has 0 aliphatic rings. The maximum Gasteiger partial charge on any atom is 0.338 e. The zero-order valence-corrected chi connectivity index (χ0v) is 19.7. The van der Waals surface area contributed by atoms with Gasteiger partial charge in [0.2, 0.25) is 0 Å². The molecule has 0 N–H and O–H groups in total. The van der Waals surface area contributed by atoms with Gasteiger partial charge in [0, 0.05) is 0 Å². The van der Waals surface area contributed by atoms with Crippen LogP contribution in [0.1, 0.15) is 98.8 Å². The largest absolute Gasteiger partial charge is 0.462 e. The molecule has 0 unspecified atom stereocenters. The predicted octanol–water partition coefficient (Wildman–Crippen LogP) is 7.61. The van der Waals surface area contributed by atoms with Crippen LogP contribution < -0.4 is 0 Å². The quantitative estimate of drug-likeness (QED) is 0.212. The van der Waals surface area contributed by atoms with E-state index in [-0.39, 0.29) is 11.9 Å². The lowest BCUT2D eigenvalue weighted by atomic mass is 10.0. The van der Waals surface area contributed by atoms with E-state index < -0.39 is 0 Å². The average molecular weight is 439 g/mol. The number of rotatable bonds is 15. The summed E-state index contributed by atoms with van der Waals surface area (Å²) in [6.45, 7) is 5.31. The fraction of sp³-hybridized carbons (Fsp3) is 0.500. The number of hydrogen-bond donors (Lipinski definition) is 0. The minimum absolute atomic E-state index is 0.278. The Labute approximate surface area is 193 Å². The van der Waals surface area contributed by atoms with E-state index in [1.54, 1.807) is 24.3 Å². The summed E-state index contributed by atoms with van der Waals surface area (Å²) >= 11 is 0. The minimum atomic E-state index is -0.278. The van der Waals surface area contributed by atoms with Crippen molar-refractivity contribution in [2.24, 2.45) is 0 Å². The second-order valence-electron chi connectivity index (χ2n) is 8.25. The van der Waals surface area contributed by atoms with Crippen LogP contribution in [0.2, 0.25) is 0 Å². The van der Waals surface area contributed by atoms with E-state index in [9.17, 15) is 9.59 Å². The second kappa shape index (κ2) is 15.2. The van der Waals surface area contributed by atoms with E-state index >= 15 is 0 Å². The number of carbonyl (C=O) groups is 2. The van der Waals surface area contributed by atoms with Gasteiger partial charge in [-0.3, -0.25) is 0 Å². The third-order valence-corrected chi connectivity index (χ3v) is 5.54. The monoisotopic (exact) mass is 438 g/mol. The zero-order chi connectivity index (χ0) is 23.0. The van der Waals surface area contributed by atoms with E-state index in [1.165, 1.54) is 38.5 Å². The number of hydrogen-bond acceptors (Lipinski definition) is 4. The van der Waals surface area contributed by atoms with Crippen molar-refractivity contribution >= 4 is 11.9 Å². The molecule has 0 radical (unpaired) electrons. The van der Waals surface area contributed by atoms with Crippen LogP contribution >= 0.6 is 0 Å². The van der Waals surface area contributed by atoms with Crippen LogP contribution in [0.15, 0.2) is 48.5 Å². The topological polar surface area (TPSA) is 52.6 Å². The highest BCUT2D eigenvalue weighted by Gasteiger charge is 2.09. The molecule has 2 aromatic rings. The smallest absolute Gasteiger partial charge is 0.338 e. The normalized spacial score (nSPS) is 10.7. The van der Waals surface area contributed by atoms with Gasteiger partial charge in [-0.25, -0.2) is 9.59 Å². The Kier molecular flexibility index (Phi) is 12.2. The Morgan fingerprint density at radius 1 is 0.531 bits per heavy atom. The molecule has 2 aromatic carbocycles. The summed E-state index contributed by atoms with van der Waals surface area (Å²) in [5.74, 6) is -0.556.